The standard InChI is InChI=1S/C17H25N5OS/c1-2-16(24-9-1)15(21-5-7-23-8-6-21)12-18-10-14-11-19-17-3-4-20-22(17)13-14/h1-4,9,14-15,18-19H,5-8,10-13H2/t14-,15-/m0/s1. The summed E-state index contributed by atoms with van der Waals surface area (Å²) >= 11 is 1.85. The molecule has 0 aliphatic carbocycles. The second kappa shape index (κ2) is 7.65. The van der Waals surface area contributed by atoms with Gasteiger partial charge >= 0.3 is 0 Å². The first kappa shape index (κ1) is 16.1. The fraction of sp³-hybridized carbons (Fsp3) is 0.588. The summed E-state index contributed by atoms with van der Waals surface area (Å²) in [5.74, 6) is 1.71. The molecule has 6 nitrogen and oxygen atoms in total. The van der Waals surface area contributed by atoms with Gasteiger partial charge in [-0.15, -0.1) is 11.3 Å². The highest BCUT2D eigenvalue weighted by atomic mass is 32.1. The highest BCUT2D eigenvalue weighted by molar-refractivity contribution is 7.10. The van der Waals surface area contributed by atoms with Crippen LogP contribution < -0.4 is 10.6 Å². The number of nitrogens with zero attached hydrogens (tertiary/aromatic N) is 3. The average molecular weight is 347 g/mol. The molecule has 130 valence electrons. The lowest BCUT2D eigenvalue weighted by Gasteiger charge is -2.34. The predicted molar refractivity (Wildman–Crippen MR) is 96.5 cm³/mol. The topological polar surface area (TPSA) is 54.4 Å². The zero-order chi connectivity index (χ0) is 16.2. The van der Waals surface area contributed by atoms with Gasteiger partial charge < -0.3 is 15.4 Å². The van der Waals surface area contributed by atoms with Crippen molar-refractivity contribution in [1.82, 2.24) is 20.0 Å². The van der Waals surface area contributed by atoms with Gasteiger partial charge in [0.1, 0.15) is 5.82 Å². The number of anilines is 1. The molecule has 0 amide bonds. The molecule has 2 aliphatic heterocycles. The number of ether oxygens (including phenoxy) is 1. The molecular weight excluding hydrogens is 322 g/mol. The summed E-state index contributed by atoms with van der Waals surface area (Å²) in [4.78, 5) is 3.99. The van der Waals surface area contributed by atoms with Gasteiger partial charge in [0.2, 0.25) is 0 Å². The zero-order valence-electron chi connectivity index (χ0n) is 13.9. The summed E-state index contributed by atoms with van der Waals surface area (Å²) in [5, 5.41) is 13.7. The Morgan fingerprint density at radius 1 is 1.38 bits per heavy atom. The van der Waals surface area contributed by atoms with Crippen LogP contribution in [-0.4, -0.2) is 60.6 Å². The second-order valence-electron chi connectivity index (χ2n) is 6.48. The molecule has 0 spiro atoms. The Morgan fingerprint density at radius 2 is 2.29 bits per heavy atom. The van der Waals surface area contributed by atoms with Crippen LogP contribution >= 0.6 is 11.3 Å². The number of thiophene rings is 1. The van der Waals surface area contributed by atoms with E-state index in [1.165, 1.54) is 4.88 Å². The predicted octanol–water partition coefficient (Wildman–Crippen LogP) is 1.65. The van der Waals surface area contributed by atoms with Gasteiger partial charge in [0.15, 0.2) is 0 Å². The zero-order valence-corrected chi connectivity index (χ0v) is 14.7. The molecule has 2 atom stereocenters. The maximum absolute atomic E-state index is 5.52. The number of hydrogen-bond acceptors (Lipinski definition) is 6. The van der Waals surface area contributed by atoms with Crippen molar-refractivity contribution >= 4 is 17.2 Å². The summed E-state index contributed by atoms with van der Waals surface area (Å²) in [6, 6.07) is 6.89. The Morgan fingerprint density at radius 3 is 3.12 bits per heavy atom. The highest BCUT2D eigenvalue weighted by Crippen LogP contribution is 2.25. The lowest BCUT2D eigenvalue weighted by Crippen LogP contribution is -2.44. The van der Waals surface area contributed by atoms with Crippen LogP contribution in [0, 0.1) is 5.92 Å². The van der Waals surface area contributed by atoms with E-state index in [2.05, 4.69) is 42.8 Å². The van der Waals surface area contributed by atoms with Crippen LogP contribution in [0.3, 0.4) is 0 Å². The largest absolute Gasteiger partial charge is 0.379 e. The van der Waals surface area contributed by atoms with Crippen LogP contribution in [0.15, 0.2) is 29.8 Å². The molecule has 0 unspecified atom stereocenters. The molecule has 1 saturated heterocycles. The average Bonchev–Trinajstić information content (AvgIpc) is 3.30. The van der Waals surface area contributed by atoms with E-state index in [4.69, 9.17) is 4.74 Å². The fourth-order valence-electron chi connectivity index (χ4n) is 3.53. The van der Waals surface area contributed by atoms with E-state index in [-0.39, 0.29) is 0 Å². The monoisotopic (exact) mass is 347 g/mol. The van der Waals surface area contributed by atoms with Gasteiger partial charge in [-0.3, -0.25) is 4.90 Å². The number of morpholine rings is 1. The number of aromatic nitrogens is 2. The molecule has 0 saturated carbocycles. The van der Waals surface area contributed by atoms with Crippen molar-refractivity contribution < 1.29 is 4.74 Å². The van der Waals surface area contributed by atoms with Gasteiger partial charge in [0.05, 0.1) is 25.5 Å². The summed E-state index contributed by atoms with van der Waals surface area (Å²) in [6.45, 7) is 7.73. The molecule has 0 bridgehead atoms. The van der Waals surface area contributed by atoms with Crippen LogP contribution in [0.4, 0.5) is 5.82 Å². The second-order valence-corrected chi connectivity index (χ2v) is 7.46. The minimum atomic E-state index is 0.450. The fourth-order valence-corrected chi connectivity index (χ4v) is 4.39. The quantitative estimate of drug-likeness (QED) is 0.832. The molecule has 4 heterocycles. The van der Waals surface area contributed by atoms with Gasteiger partial charge in [0, 0.05) is 56.1 Å². The first-order valence-corrected chi connectivity index (χ1v) is 9.60. The molecule has 4 rings (SSSR count). The van der Waals surface area contributed by atoms with Crippen molar-refractivity contribution in [2.75, 3.05) is 51.3 Å². The Kier molecular flexibility index (Phi) is 5.13. The highest BCUT2D eigenvalue weighted by Gasteiger charge is 2.24. The van der Waals surface area contributed by atoms with E-state index in [0.29, 0.717) is 12.0 Å². The molecule has 2 N–H and O–H groups in total. The third kappa shape index (κ3) is 3.64. The first-order chi connectivity index (χ1) is 11.9. The lowest BCUT2D eigenvalue weighted by molar-refractivity contribution is 0.0167. The van der Waals surface area contributed by atoms with Crippen LogP contribution in [0.5, 0.6) is 0 Å². The van der Waals surface area contributed by atoms with Gasteiger partial charge in [-0.2, -0.15) is 5.10 Å². The van der Waals surface area contributed by atoms with Crippen LogP contribution in [0.2, 0.25) is 0 Å². The smallest absolute Gasteiger partial charge is 0.124 e. The number of nitrogens with one attached hydrogen (secondary N) is 2. The van der Waals surface area contributed by atoms with Gasteiger partial charge in [-0.25, -0.2) is 4.68 Å². The molecule has 2 aromatic rings. The van der Waals surface area contributed by atoms with E-state index in [9.17, 15) is 0 Å². The van der Waals surface area contributed by atoms with E-state index < -0.39 is 0 Å². The molecule has 0 aromatic carbocycles. The lowest BCUT2D eigenvalue weighted by atomic mass is 10.1. The maximum atomic E-state index is 5.52. The van der Waals surface area contributed by atoms with Crippen molar-refractivity contribution in [3.05, 3.63) is 34.7 Å². The summed E-state index contributed by atoms with van der Waals surface area (Å²) in [7, 11) is 0. The summed E-state index contributed by atoms with van der Waals surface area (Å²) < 4.78 is 7.58. The van der Waals surface area contributed by atoms with Crippen molar-refractivity contribution in [2.45, 2.75) is 12.6 Å². The third-order valence-electron chi connectivity index (χ3n) is 4.85. The van der Waals surface area contributed by atoms with Crippen molar-refractivity contribution in [3.8, 4) is 0 Å². The number of rotatable bonds is 6. The summed E-state index contributed by atoms with van der Waals surface area (Å²) in [6.07, 6.45) is 1.86. The van der Waals surface area contributed by atoms with Gasteiger partial charge in [0.25, 0.3) is 0 Å². The SMILES string of the molecule is c1csc([C@H](CNC[C@H]2CNc3ccnn3C2)N2CCOCC2)c1. The molecule has 24 heavy (non-hydrogen) atoms. The third-order valence-corrected chi connectivity index (χ3v) is 5.82. The Hall–Kier alpha value is -1.41. The van der Waals surface area contributed by atoms with E-state index in [1.54, 1.807) is 0 Å². The molecule has 0 radical (unpaired) electrons. The van der Waals surface area contributed by atoms with Crippen LogP contribution in [0.1, 0.15) is 10.9 Å². The Balaban J connectivity index is 1.32. The van der Waals surface area contributed by atoms with Gasteiger partial charge in [-0.1, -0.05) is 6.07 Å². The van der Waals surface area contributed by atoms with E-state index in [1.807, 2.05) is 23.6 Å². The molecule has 2 aliphatic rings. The number of fused-ring (bicyclic) bond motifs is 1. The van der Waals surface area contributed by atoms with Gasteiger partial charge in [-0.05, 0) is 11.4 Å². The van der Waals surface area contributed by atoms with Crippen molar-refractivity contribution in [3.63, 3.8) is 0 Å². The molecule has 1 fully saturated rings. The molecule has 2 aromatic heterocycles. The summed E-state index contributed by atoms with van der Waals surface area (Å²) in [5.41, 5.74) is 0. The minimum Gasteiger partial charge on any atom is -0.379 e. The van der Waals surface area contributed by atoms with Crippen molar-refractivity contribution in [1.29, 1.82) is 0 Å². The minimum absolute atomic E-state index is 0.450. The first-order valence-electron chi connectivity index (χ1n) is 8.72. The van der Waals surface area contributed by atoms with E-state index in [0.717, 1.165) is 58.3 Å². The van der Waals surface area contributed by atoms with E-state index >= 15 is 0 Å². The molecule has 7 heteroatoms. The maximum Gasteiger partial charge on any atom is 0.124 e. The normalized spacial score (nSPS) is 22.8. The molecular formula is C17H25N5OS. The Labute approximate surface area is 146 Å². The van der Waals surface area contributed by atoms with Crippen LogP contribution in [-0.2, 0) is 11.3 Å². The van der Waals surface area contributed by atoms with Crippen LogP contribution in [0.25, 0.3) is 0 Å². The Bertz CT molecular complexity index is 623. The number of hydrogen-bond donors (Lipinski definition) is 2. The van der Waals surface area contributed by atoms with Crippen molar-refractivity contribution in [2.24, 2.45) is 5.92 Å².